The summed E-state index contributed by atoms with van der Waals surface area (Å²) in [7, 11) is 0. The lowest BCUT2D eigenvalue weighted by Crippen LogP contribution is -2.37. The summed E-state index contributed by atoms with van der Waals surface area (Å²) < 4.78 is 13.1. The Labute approximate surface area is 96.3 Å². The van der Waals surface area contributed by atoms with Gasteiger partial charge >= 0.3 is 0 Å². The van der Waals surface area contributed by atoms with E-state index in [4.69, 9.17) is 0 Å². The van der Waals surface area contributed by atoms with Crippen LogP contribution in [0.5, 0.6) is 0 Å². The van der Waals surface area contributed by atoms with Gasteiger partial charge in [0.1, 0.15) is 5.82 Å². The van der Waals surface area contributed by atoms with Gasteiger partial charge in [0.05, 0.1) is 5.60 Å². The molecular formula is C14H19FO. The van der Waals surface area contributed by atoms with Crippen LogP contribution in [0.4, 0.5) is 4.39 Å². The first kappa shape index (κ1) is 11.6. The van der Waals surface area contributed by atoms with E-state index in [9.17, 15) is 9.50 Å². The summed E-state index contributed by atoms with van der Waals surface area (Å²) in [6.45, 7) is 3.96. The monoisotopic (exact) mass is 222 g/mol. The molecule has 2 rings (SSSR count). The van der Waals surface area contributed by atoms with Crippen LogP contribution in [0.25, 0.3) is 0 Å². The Morgan fingerprint density at radius 2 is 2.12 bits per heavy atom. The van der Waals surface area contributed by atoms with Crippen molar-refractivity contribution in [1.82, 2.24) is 0 Å². The van der Waals surface area contributed by atoms with Gasteiger partial charge in [-0.2, -0.15) is 0 Å². The van der Waals surface area contributed by atoms with E-state index in [0.29, 0.717) is 0 Å². The molecule has 0 amide bonds. The highest BCUT2D eigenvalue weighted by atomic mass is 19.1. The smallest absolute Gasteiger partial charge is 0.123 e. The topological polar surface area (TPSA) is 20.2 Å². The minimum atomic E-state index is -0.754. The maximum atomic E-state index is 13.1. The van der Waals surface area contributed by atoms with Crippen molar-refractivity contribution in [2.45, 2.75) is 45.1 Å². The van der Waals surface area contributed by atoms with E-state index in [2.05, 4.69) is 6.92 Å². The van der Waals surface area contributed by atoms with Crippen molar-refractivity contribution in [2.24, 2.45) is 5.92 Å². The first-order valence-corrected chi connectivity index (χ1v) is 6.03. The fourth-order valence-corrected chi connectivity index (χ4v) is 2.84. The molecule has 2 heteroatoms. The molecule has 1 aliphatic carbocycles. The Hall–Kier alpha value is -0.890. The SMILES string of the molecule is Cc1cc(F)ccc1C1(O)CCCCC1C. The fraction of sp³-hybridized carbons (Fsp3) is 0.571. The van der Waals surface area contributed by atoms with Gasteiger partial charge in [-0.1, -0.05) is 25.8 Å². The molecule has 0 aliphatic heterocycles. The highest BCUT2D eigenvalue weighted by Crippen LogP contribution is 2.42. The molecule has 1 aromatic carbocycles. The predicted octanol–water partition coefficient (Wildman–Crippen LogP) is 3.53. The summed E-state index contributed by atoms with van der Waals surface area (Å²) in [5.41, 5.74) is 1.01. The van der Waals surface area contributed by atoms with Gasteiger partial charge in [-0.3, -0.25) is 0 Å². The summed E-state index contributed by atoms with van der Waals surface area (Å²) in [5.74, 6) is 0.0266. The standard InChI is InChI=1S/C14H19FO/c1-10-9-12(15)6-7-13(10)14(16)8-4-3-5-11(14)2/h6-7,9,11,16H,3-5,8H2,1-2H3. The summed E-state index contributed by atoms with van der Waals surface area (Å²) in [4.78, 5) is 0. The first-order chi connectivity index (χ1) is 7.54. The molecule has 1 aliphatic rings. The molecule has 1 fully saturated rings. The van der Waals surface area contributed by atoms with Crippen molar-refractivity contribution >= 4 is 0 Å². The molecule has 0 heterocycles. The Morgan fingerprint density at radius 1 is 1.38 bits per heavy atom. The molecule has 2 atom stereocenters. The lowest BCUT2D eigenvalue weighted by Gasteiger charge is -2.39. The van der Waals surface area contributed by atoms with Crippen LogP contribution < -0.4 is 0 Å². The van der Waals surface area contributed by atoms with Crippen LogP contribution in [0, 0.1) is 18.7 Å². The van der Waals surface area contributed by atoms with E-state index in [1.54, 1.807) is 6.07 Å². The van der Waals surface area contributed by atoms with Crippen molar-refractivity contribution in [3.05, 3.63) is 35.1 Å². The fourth-order valence-electron chi connectivity index (χ4n) is 2.84. The second-order valence-corrected chi connectivity index (χ2v) is 5.03. The van der Waals surface area contributed by atoms with Crippen LogP contribution in [-0.2, 0) is 5.60 Å². The van der Waals surface area contributed by atoms with E-state index < -0.39 is 5.60 Å². The van der Waals surface area contributed by atoms with Gasteiger partial charge in [0.15, 0.2) is 0 Å². The lowest BCUT2D eigenvalue weighted by molar-refractivity contribution is -0.0474. The van der Waals surface area contributed by atoms with E-state index in [-0.39, 0.29) is 11.7 Å². The van der Waals surface area contributed by atoms with Gasteiger partial charge in [-0.05, 0) is 48.9 Å². The molecular weight excluding hydrogens is 203 g/mol. The summed E-state index contributed by atoms with van der Waals surface area (Å²) in [6.07, 6.45) is 4.08. The van der Waals surface area contributed by atoms with Crippen molar-refractivity contribution < 1.29 is 9.50 Å². The minimum absolute atomic E-state index is 0.228. The van der Waals surface area contributed by atoms with Gasteiger partial charge in [0.2, 0.25) is 0 Å². The summed E-state index contributed by atoms with van der Waals surface area (Å²) in [6, 6.07) is 4.70. The van der Waals surface area contributed by atoms with Crippen LogP contribution in [-0.4, -0.2) is 5.11 Å². The highest BCUT2D eigenvalue weighted by molar-refractivity contribution is 5.32. The maximum Gasteiger partial charge on any atom is 0.123 e. The number of hydrogen-bond acceptors (Lipinski definition) is 1. The molecule has 0 saturated heterocycles. The van der Waals surface area contributed by atoms with E-state index in [1.807, 2.05) is 6.92 Å². The minimum Gasteiger partial charge on any atom is -0.385 e. The van der Waals surface area contributed by atoms with Gasteiger partial charge in [0.25, 0.3) is 0 Å². The zero-order chi connectivity index (χ0) is 11.8. The molecule has 2 unspecified atom stereocenters. The van der Waals surface area contributed by atoms with Crippen molar-refractivity contribution in [3.63, 3.8) is 0 Å². The van der Waals surface area contributed by atoms with Crippen LogP contribution in [0.15, 0.2) is 18.2 Å². The van der Waals surface area contributed by atoms with E-state index in [1.165, 1.54) is 18.6 Å². The Bertz CT molecular complexity index is 388. The van der Waals surface area contributed by atoms with Crippen LogP contribution >= 0.6 is 0 Å². The summed E-state index contributed by atoms with van der Waals surface area (Å²) >= 11 is 0. The molecule has 16 heavy (non-hydrogen) atoms. The molecule has 0 aromatic heterocycles. The number of aryl methyl sites for hydroxylation is 1. The average molecular weight is 222 g/mol. The third kappa shape index (κ3) is 1.86. The molecule has 0 bridgehead atoms. The third-order valence-electron chi connectivity index (χ3n) is 3.92. The Balaban J connectivity index is 2.41. The van der Waals surface area contributed by atoms with Gasteiger partial charge in [0, 0.05) is 0 Å². The molecule has 0 radical (unpaired) electrons. The van der Waals surface area contributed by atoms with Crippen molar-refractivity contribution in [2.75, 3.05) is 0 Å². The predicted molar refractivity (Wildman–Crippen MR) is 62.7 cm³/mol. The molecule has 1 saturated carbocycles. The maximum absolute atomic E-state index is 13.1. The quantitative estimate of drug-likeness (QED) is 0.770. The first-order valence-electron chi connectivity index (χ1n) is 6.03. The third-order valence-corrected chi connectivity index (χ3v) is 3.92. The van der Waals surface area contributed by atoms with Crippen LogP contribution in [0.3, 0.4) is 0 Å². The van der Waals surface area contributed by atoms with Crippen molar-refractivity contribution in [1.29, 1.82) is 0 Å². The number of halogens is 1. The van der Waals surface area contributed by atoms with Crippen molar-refractivity contribution in [3.8, 4) is 0 Å². The number of rotatable bonds is 1. The molecule has 1 N–H and O–H groups in total. The van der Waals surface area contributed by atoms with E-state index in [0.717, 1.165) is 30.4 Å². The molecule has 1 aromatic rings. The molecule has 1 nitrogen and oxygen atoms in total. The van der Waals surface area contributed by atoms with Gasteiger partial charge in [-0.25, -0.2) is 4.39 Å². The number of hydrogen-bond donors (Lipinski definition) is 1. The number of aliphatic hydroxyl groups is 1. The zero-order valence-electron chi connectivity index (χ0n) is 9.96. The zero-order valence-corrected chi connectivity index (χ0v) is 9.96. The average Bonchev–Trinajstić information content (AvgIpc) is 2.22. The highest BCUT2D eigenvalue weighted by Gasteiger charge is 2.38. The Morgan fingerprint density at radius 3 is 2.75 bits per heavy atom. The summed E-state index contributed by atoms with van der Waals surface area (Å²) in [5, 5.41) is 10.8. The largest absolute Gasteiger partial charge is 0.385 e. The molecule has 88 valence electrons. The van der Waals surface area contributed by atoms with Crippen LogP contribution in [0.1, 0.15) is 43.7 Å². The normalized spacial score (nSPS) is 30.4. The van der Waals surface area contributed by atoms with Gasteiger partial charge < -0.3 is 5.11 Å². The van der Waals surface area contributed by atoms with Gasteiger partial charge in [-0.15, -0.1) is 0 Å². The second kappa shape index (κ2) is 4.17. The molecule has 0 spiro atoms. The Kier molecular flexibility index (Phi) is 3.02. The van der Waals surface area contributed by atoms with E-state index >= 15 is 0 Å². The number of benzene rings is 1. The lowest BCUT2D eigenvalue weighted by atomic mass is 9.71. The second-order valence-electron chi connectivity index (χ2n) is 5.03. The van der Waals surface area contributed by atoms with Crippen LogP contribution in [0.2, 0.25) is 0 Å².